The Kier molecular flexibility index (Phi) is 2.68. The second-order valence-corrected chi connectivity index (χ2v) is 3.61. The Morgan fingerprint density at radius 1 is 1.57 bits per heavy atom. The van der Waals surface area contributed by atoms with Gasteiger partial charge in [-0.1, -0.05) is 0 Å². The van der Waals surface area contributed by atoms with Gasteiger partial charge in [-0.05, 0) is 32.4 Å². The van der Waals surface area contributed by atoms with Crippen LogP contribution in [0.15, 0.2) is 12.3 Å². The van der Waals surface area contributed by atoms with E-state index >= 15 is 0 Å². The zero-order valence-corrected chi connectivity index (χ0v) is 8.71. The van der Waals surface area contributed by atoms with Crippen LogP contribution >= 0.6 is 0 Å². The van der Waals surface area contributed by atoms with Gasteiger partial charge in [0.2, 0.25) is 0 Å². The van der Waals surface area contributed by atoms with E-state index in [0.29, 0.717) is 6.04 Å². The van der Waals surface area contributed by atoms with Crippen LogP contribution in [0.4, 0.5) is 0 Å². The third-order valence-electron chi connectivity index (χ3n) is 2.86. The van der Waals surface area contributed by atoms with Gasteiger partial charge in [0, 0.05) is 17.8 Å². The number of fused-ring (bicyclic) bond motifs is 1. The molecule has 1 heterocycles. The molecule has 1 aromatic heterocycles. The average Bonchev–Trinajstić information content (AvgIpc) is 2.27. The third-order valence-corrected chi connectivity index (χ3v) is 2.86. The Hall–Kier alpha value is -1.09. The summed E-state index contributed by atoms with van der Waals surface area (Å²) in [7, 11) is 3.71. The fourth-order valence-electron chi connectivity index (χ4n) is 2.13. The van der Waals surface area contributed by atoms with Gasteiger partial charge in [0.05, 0.1) is 12.8 Å². The van der Waals surface area contributed by atoms with Crippen molar-refractivity contribution < 1.29 is 4.74 Å². The van der Waals surface area contributed by atoms with Gasteiger partial charge in [0.1, 0.15) is 5.75 Å². The Balaban J connectivity index is 2.43. The van der Waals surface area contributed by atoms with E-state index in [9.17, 15) is 0 Å². The van der Waals surface area contributed by atoms with Crippen molar-refractivity contribution in [3.63, 3.8) is 0 Å². The molecule has 1 N–H and O–H groups in total. The molecule has 0 bridgehead atoms. The maximum absolute atomic E-state index is 5.34. The number of methoxy groups -OCH3 is 1. The SMILES string of the molecule is CN[C@@H]1CCCc2c(OC)ccnc21. The van der Waals surface area contributed by atoms with Crippen molar-refractivity contribution in [1.82, 2.24) is 10.3 Å². The minimum absolute atomic E-state index is 0.397. The van der Waals surface area contributed by atoms with Gasteiger partial charge in [-0.25, -0.2) is 0 Å². The first-order valence-corrected chi connectivity index (χ1v) is 5.06. The van der Waals surface area contributed by atoms with Gasteiger partial charge in [-0.15, -0.1) is 0 Å². The first-order valence-electron chi connectivity index (χ1n) is 5.06. The Bertz CT molecular complexity index is 325. The standard InChI is InChI=1S/C11H16N2O/c1-12-9-5-3-4-8-10(14-2)6-7-13-11(8)9/h6-7,9,12H,3-5H2,1-2H3/t9-/m1/s1. The summed E-state index contributed by atoms with van der Waals surface area (Å²) >= 11 is 0. The van der Waals surface area contributed by atoms with Crippen LogP contribution in [0.5, 0.6) is 5.75 Å². The summed E-state index contributed by atoms with van der Waals surface area (Å²) in [6.07, 6.45) is 5.29. The number of nitrogens with zero attached hydrogens (tertiary/aromatic N) is 1. The van der Waals surface area contributed by atoms with Crippen LogP contribution in [-0.2, 0) is 6.42 Å². The molecule has 0 aromatic carbocycles. The molecule has 1 aliphatic rings. The molecular weight excluding hydrogens is 176 g/mol. The zero-order valence-electron chi connectivity index (χ0n) is 8.71. The Morgan fingerprint density at radius 3 is 3.14 bits per heavy atom. The van der Waals surface area contributed by atoms with Gasteiger partial charge in [0.25, 0.3) is 0 Å². The summed E-state index contributed by atoms with van der Waals surface area (Å²) in [4.78, 5) is 4.44. The minimum Gasteiger partial charge on any atom is -0.496 e. The fourth-order valence-corrected chi connectivity index (χ4v) is 2.13. The molecule has 0 saturated heterocycles. The average molecular weight is 192 g/mol. The van der Waals surface area contributed by atoms with Crippen LogP contribution in [0.25, 0.3) is 0 Å². The molecule has 3 heteroatoms. The molecule has 1 aliphatic carbocycles. The van der Waals surface area contributed by atoms with Crippen molar-refractivity contribution in [2.75, 3.05) is 14.2 Å². The second-order valence-electron chi connectivity index (χ2n) is 3.61. The normalized spacial score (nSPS) is 20.3. The van der Waals surface area contributed by atoms with E-state index in [1.165, 1.54) is 18.4 Å². The monoisotopic (exact) mass is 192 g/mol. The summed E-state index contributed by atoms with van der Waals surface area (Å²) in [5.74, 6) is 0.981. The van der Waals surface area contributed by atoms with Gasteiger partial charge in [-0.3, -0.25) is 4.98 Å². The van der Waals surface area contributed by atoms with Crippen LogP contribution in [0, 0.1) is 0 Å². The molecule has 0 spiro atoms. The van der Waals surface area contributed by atoms with Crippen molar-refractivity contribution in [2.45, 2.75) is 25.3 Å². The van der Waals surface area contributed by atoms with Crippen molar-refractivity contribution in [1.29, 1.82) is 0 Å². The molecule has 2 rings (SSSR count). The number of hydrogen-bond acceptors (Lipinski definition) is 3. The van der Waals surface area contributed by atoms with Gasteiger partial charge >= 0.3 is 0 Å². The molecule has 3 nitrogen and oxygen atoms in total. The summed E-state index contributed by atoms with van der Waals surface area (Å²) in [6, 6.07) is 2.34. The lowest BCUT2D eigenvalue weighted by atomic mass is 9.91. The predicted octanol–water partition coefficient (Wildman–Crippen LogP) is 1.69. The van der Waals surface area contributed by atoms with E-state index in [-0.39, 0.29) is 0 Å². The predicted molar refractivity (Wildman–Crippen MR) is 55.5 cm³/mol. The molecule has 0 amide bonds. The largest absolute Gasteiger partial charge is 0.496 e. The lowest BCUT2D eigenvalue weighted by Crippen LogP contribution is -2.23. The minimum atomic E-state index is 0.397. The number of pyridine rings is 1. The van der Waals surface area contributed by atoms with Gasteiger partial charge < -0.3 is 10.1 Å². The molecule has 0 fully saturated rings. The highest BCUT2D eigenvalue weighted by molar-refractivity contribution is 5.38. The number of hydrogen-bond donors (Lipinski definition) is 1. The lowest BCUT2D eigenvalue weighted by Gasteiger charge is -2.25. The zero-order chi connectivity index (χ0) is 9.97. The number of ether oxygens (including phenoxy) is 1. The van der Waals surface area contributed by atoms with E-state index in [1.807, 2.05) is 19.3 Å². The third kappa shape index (κ3) is 1.48. The summed E-state index contributed by atoms with van der Waals surface area (Å²) in [5.41, 5.74) is 2.44. The van der Waals surface area contributed by atoms with Crippen LogP contribution in [-0.4, -0.2) is 19.1 Å². The second kappa shape index (κ2) is 3.96. The molecule has 1 aromatic rings. The van der Waals surface area contributed by atoms with E-state index in [1.54, 1.807) is 7.11 Å². The van der Waals surface area contributed by atoms with Crippen LogP contribution in [0.2, 0.25) is 0 Å². The van der Waals surface area contributed by atoms with Crippen LogP contribution in [0.3, 0.4) is 0 Å². The molecule has 0 radical (unpaired) electrons. The topological polar surface area (TPSA) is 34.1 Å². The van der Waals surface area contributed by atoms with Crippen molar-refractivity contribution >= 4 is 0 Å². The molecule has 14 heavy (non-hydrogen) atoms. The molecule has 0 aliphatic heterocycles. The Morgan fingerprint density at radius 2 is 2.43 bits per heavy atom. The van der Waals surface area contributed by atoms with Crippen molar-refractivity contribution in [3.8, 4) is 5.75 Å². The quantitative estimate of drug-likeness (QED) is 0.774. The summed E-state index contributed by atoms with van der Waals surface area (Å²) in [5, 5.41) is 3.29. The fraction of sp³-hybridized carbons (Fsp3) is 0.545. The number of aromatic nitrogens is 1. The first kappa shape index (κ1) is 9.46. The van der Waals surface area contributed by atoms with Crippen molar-refractivity contribution in [3.05, 3.63) is 23.5 Å². The van der Waals surface area contributed by atoms with E-state index < -0.39 is 0 Å². The smallest absolute Gasteiger partial charge is 0.125 e. The van der Waals surface area contributed by atoms with Crippen LogP contribution < -0.4 is 10.1 Å². The highest BCUT2D eigenvalue weighted by Gasteiger charge is 2.22. The van der Waals surface area contributed by atoms with Gasteiger partial charge in [0.15, 0.2) is 0 Å². The highest BCUT2D eigenvalue weighted by atomic mass is 16.5. The maximum atomic E-state index is 5.34. The molecule has 1 atom stereocenters. The van der Waals surface area contributed by atoms with E-state index in [4.69, 9.17) is 4.74 Å². The van der Waals surface area contributed by atoms with Gasteiger partial charge in [-0.2, -0.15) is 0 Å². The first-order chi connectivity index (χ1) is 6.86. The molecule has 76 valence electrons. The van der Waals surface area contributed by atoms with E-state index in [0.717, 1.165) is 17.9 Å². The van der Waals surface area contributed by atoms with Crippen molar-refractivity contribution in [2.24, 2.45) is 0 Å². The summed E-state index contributed by atoms with van der Waals surface area (Å²) < 4.78 is 5.34. The molecule has 0 saturated carbocycles. The molecule has 0 unspecified atom stereocenters. The summed E-state index contributed by atoms with van der Waals surface area (Å²) in [6.45, 7) is 0. The lowest BCUT2D eigenvalue weighted by molar-refractivity contribution is 0.396. The highest BCUT2D eigenvalue weighted by Crippen LogP contribution is 2.33. The van der Waals surface area contributed by atoms with E-state index in [2.05, 4.69) is 10.3 Å². The maximum Gasteiger partial charge on any atom is 0.125 e. The van der Waals surface area contributed by atoms with Crippen LogP contribution in [0.1, 0.15) is 30.1 Å². The number of rotatable bonds is 2. The Labute approximate surface area is 84.5 Å². The molecular formula is C11H16N2O. The number of nitrogens with one attached hydrogen (secondary N) is 1.